The minimum absolute atomic E-state index is 0.0574. The average molecular weight is 336 g/mol. The largest absolute Gasteiger partial charge is 0.338 e. The van der Waals surface area contributed by atoms with Crippen molar-refractivity contribution in [2.45, 2.75) is 19.8 Å². The summed E-state index contributed by atoms with van der Waals surface area (Å²) in [4.78, 5) is 28.7. The number of para-hydroxylation sites is 1. The third-order valence-corrected chi connectivity index (χ3v) is 4.77. The van der Waals surface area contributed by atoms with Crippen LogP contribution in [0.2, 0.25) is 0 Å². The van der Waals surface area contributed by atoms with Crippen molar-refractivity contribution >= 4 is 17.5 Å². The molecule has 4 heteroatoms. The molecule has 0 spiro atoms. The lowest BCUT2D eigenvalue weighted by Gasteiger charge is -2.31. The van der Waals surface area contributed by atoms with Crippen LogP contribution in [0.1, 0.15) is 40.5 Å². The van der Waals surface area contributed by atoms with Gasteiger partial charge in [-0.05, 0) is 55.2 Å². The number of carbonyl (C=O) groups excluding carboxylic acids is 2. The Kier molecular flexibility index (Phi) is 5.17. The zero-order valence-corrected chi connectivity index (χ0v) is 14.8. The zero-order valence-electron chi connectivity index (χ0n) is 14.8. The predicted octanol–water partition coefficient (Wildman–Crippen LogP) is 3.84. The lowest BCUT2D eigenvalue weighted by Crippen LogP contribution is -2.39. The quantitative estimate of drug-likeness (QED) is 0.854. The highest BCUT2D eigenvalue weighted by Crippen LogP contribution is 2.19. The molecule has 1 aliphatic rings. The van der Waals surface area contributed by atoms with Crippen molar-refractivity contribution in [3.8, 4) is 0 Å². The fourth-order valence-corrected chi connectivity index (χ4v) is 3.27. The maximum Gasteiger partial charge on any atom is 0.258 e. The number of carbonyl (C=O) groups is 2. The number of likely N-dealkylation sites (tertiary alicyclic amines) is 1. The van der Waals surface area contributed by atoms with Crippen molar-refractivity contribution in [2.24, 2.45) is 5.92 Å². The van der Waals surface area contributed by atoms with Gasteiger partial charge in [-0.15, -0.1) is 0 Å². The van der Waals surface area contributed by atoms with E-state index in [1.54, 1.807) is 36.2 Å². The van der Waals surface area contributed by atoms with Crippen LogP contribution in [0.3, 0.4) is 0 Å². The van der Waals surface area contributed by atoms with Crippen LogP contribution in [-0.2, 0) is 0 Å². The molecule has 1 fully saturated rings. The lowest BCUT2D eigenvalue weighted by molar-refractivity contribution is 0.0682. The molecule has 25 heavy (non-hydrogen) atoms. The Bertz CT molecular complexity index is 740. The third-order valence-electron chi connectivity index (χ3n) is 4.77. The molecule has 2 aromatic rings. The molecule has 1 unspecified atom stereocenters. The van der Waals surface area contributed by atoms with Crippen LogP contribution in [0.25, 0.3) is 0 Å². The number of nitrogens with zero attached hydrogens (tertiary/aromatic N) is 2. The van der Waals surface area contributed by atoms with E-state index in [4.69, 9.17) is 0 Å². The van der Waals surface area contributed by atoms with Crippen LogP contribution in [0.5, 0.6) is 0 Å². The molecule has 1 aliphatic heterocycles. The summed E-state index contributed by atoms with van der Waals surface area (Å²) in [6, 6.07) is 16.5. The first-order valence-electron chi connectivity index (χ1n) is 8.78. The Morgan fingerprint density at radius 3 is 2.28 bits per heavy atom. The summed E-state index contributed by atoms with van der Waals surface area (Å²) in [5.74, 6) is 0.525. The summed E-state index contributed by atoms with van der Waals surface area (Å²) < 4.78 is 0. The van der Waals surface area contributed by atoms with E-state index in [9.17, 15) is 9.59 Å². The van der Waals surface area contributed by atoms with E-state index in [1.165, 1.54) is 6.42 Å². The second-order valence-corrected chi connectivity index (χ2v) is 6.78. The fraction of sp³-hybridized carbons (Fsp3) is 0.333. The smallest absolute Gasteiger partial charge is 0.258 e. The summed E-state index contributed by atoms with van der Waals surface area (Å²) in [5, 5.41) is 0. The summed E-state index contributed by atoms with van der Waals surface area (Å²) in [6.45, 7) is 3.82. The van der Waals surface area contributed by atoms with E-state index in [0.29, 0.717) is 17.0 Å². The number of piperidine rings is 1. The van der Waals surface area contributed by atoms with E-state index in [0.717, 1.165) is 25.2 Å². The highest BCUT2D eigenvalue weighted by atomic mass is 16.2. The molecule has 1 heterocycles. The molecule has 0 radical (unpaired) electrons. The van der Waals surface area contributed by atoms with E-state index in [2.05, 4.69) is 6.92 Å². The van der Waals surface area contributed by atoms with Crippen LogP contribution >= 0.6 is 0 Å². The number of anilines is 1. The molecule has 0 aromatic heterocycles. The Hall–Kier alpha value is -2.62. The molecule has 2 aromatic carbocycles. The number of hydrogen-bond donors (Lipinski definition) is 0. The van der Waals surface area contributed by atoms with Gasteiger partial charge >= 0.3 is 0 Å². The average Bonchev–Trinajstić information content (AvgIpc) is 2.67. The number of hydrogen-bond acceptors (Lipinski definition) is 2. The molecule has 1 atom stereocenters. The minimum Gasteiger partial charge on any atom is -0.338 e. The molecular formula is C21H24N2O2. The van der Waals surface area contributed by atoms with Crippen LogP contribution in [0, 0.1) is 5.92 Å². The Morgan fingerprint density at radius 2 is 1.64 bits per heavy atom. The first-order valence-corrected chi connectivity index (χ1v) is 8.78. The molecule has 4 nitrogen and oxygen atoms in total. The van der Waals surface area contributed by atoms with E-state index in [1.807, 2.05) is 35.2 Å². The van der Waals surface area contributed by atoms with Gasteiger partial charge in [-0.25, -0.2) is 0 Å². The Morgan fingerprint density at radius 1 is 1.00 bits per heavy atom. The Balaban J connectivity index is 1.71. The summed E-state index contributed by atoms with van der Waals surface area (Å²) in [5.41, 5.74) is 2.07. The van der Waals surface area contributed by atoms with Crippen LogP contribution in [0.15, 0.2) is 54.6 Å². The van der Waals surface area contributed by atoms with Crippen LogP contribution < -0.4 is 4.90 Å². The SMILES string of the molecule is CC1CCCN(C(=O)c2ccc(C(=O)N(C)c3ccccc3)cc2)C1. The standard InChI is InChI=1S/C21H24N2O2/c1-16-7-6-14-23(15-16)21(25)18-12-10-17(11-13-18)20(24)22(2)19-8-4-3-5-9-19/h3-5,8-13,16H,6-7,14-15H2,1-2H3. The molecule has 2 amide bonds. The third kappa shape index (κ3) is 3.90. The van der Waals surface area contributed by atoms with Crippen LogP contribution in [-0.4, -0.2) is 36.9 Å². The van der Waals surface area contributed by atoms with Crippen molar-refractivity contribution < 1.29 is 9.59 Å². The van der Waals surface area contributed by atoms with E-state index < -0.39 is 0 Å². The lowest BCUT2D eigenvalue weighted by atomic mass is 9.99. The molecule has 130 valence electrons. The van der Waals surface area contributed by atoms with Gasteiger partial charge in [0.1, 0.15) is 0 Å². The minimum atomic E-state index is -0.0863. The molecule has 0 N–H and O–H groups in total. The topological polar surface area (TPSA) is 40.6 Å². The molecule has 0 bridgehead atoms. The molecule has 0 aliphatic carbocycles. The number of amides is 2. The molecule has 1 saturated heterocycles. The molecule has 0 saturated carbocycles. The highest BCUT2D eigenvalue weighted by Gasteiger charge is 2.22. The second kappa shape index (κ2) is 7.51. The van der Waals surface area contributed by atoms with Gasteiger partial charge in [-0.2, -0.15) is 0 Å². The second-order valence-electron chi connectivity index (χ2n) is 6.78. The van der Waals surface area contributed by atoms with E-state index in [-0.39, 0.29) is 11.8 Å². The van der Waals surface area contributed by atoms with Gasteiger partial charge < -0.3 is 9.80 Å². The highest BCUT2D eigenvalue weighted by molar-refractivity contribution is 6.06. The van der Waals surface area contributed by atoms with E-state index >= 15 is 0 Å². The first kappa shape index (κ1) is 17.2. The van der Waals surface area contributed by atoms with Crippen LogP contribution in [0.4, 0.5) is 5.69 Å². The summed E-state index contributed by atoms with van der Waals surface area (Å²) in [6.07, 6.45) is 2.24. The van der Waals surface area contributed by atoms with Gasteiger partial charge in [0.05, 0.1) is 0 Å². The molecule has 3 rings (SSSR count). The van der Waals surface area contributed by atoms with Gasteiger partial charge in [0, 0.05) is 37.0 Å². The summed E-state index contributed by atoms with van der Waals surface area (Å²) >= 11 is 0. The predicted molar refractivity (Wildman–Crippen MR) is 99.9 cm³/mol. The fourth-order valence-electron chi connectivity index (χ4n) is 3.27. The maximum atomic E-state index is 12.6. The maximum absolute atomic E-state index is 12.6. The van der Waals surface area contributed by atoms with Gasteiger partial charge in [0.15, 0.2) is 0 Å². The van der Waals surface area contributed by atoms with Crippen molar-refractivity contribution in [3.05, 3.63) is 65.7 Å². The normalized spacial score (nSPS) is 17.2. The van der Waals surface area contributed by atoms with Gasteiger partial charge in [-0.1, -0.05) is 25.1 Å². The molecular weight excluding hydrogens is 312 g/mol. The number of benzene rings is 2. The van der Waals surface area contributed by atoms with Crippen molar-refractivity contribution in [1.29, 1.82) is 0 Å². The van der Waals surface area contributed by atoms with Crippen molar-refractivity contribution in [3.63, 3.8) is 0 Å². The van der Waals surface area contributed by atoms with Crippen molar-refractivity contribution in [2.75, 3.05) is 25.0 Å². The van der Waals surface area contributed by atoms with Crippen molar-refractivity contribution in [1.82, 2.24) is 4.90 Å². The summed E-state index contributed by atoms with van der Waals surface area (Å²) in [7, 11) is 1.76. The van der Waals surface area contributed by atoms with Gasteiger partial charge in [0.25, 0.3) is 11.8 Å². The monoisotopic (exact) mass is 336 g/mol. The first-order chi connectivity index (χ1) is 12.1. The number of rotatable bonds is 3. The van der Waals surface area contributed by atoms with Gasteiger partial charge in [0.2, 0.25) is 0 Å². The zero-order chi connectivity index (χ0) is 17.8. The van der Waals surface area contributed by atoms with Gasteiger partial charge in [-0.3, -0.25) is 9.59 Å². The Labute approximate surface area is 149 Å².